The molecule has 0 saturated carbocycles. The third-order valence-corrected chi connectivity index (χ3v) is 2.01. The van der Waals surface area contributed by atoms with Gasteiger partial charge in [-0.2, -0.15) is 4.98 Å². The number of methoxy groups -OCH3 is 1. The number of imidazole rings is 1. The fraction of sp³-hybridized carbons (Fsp3) is 0.250. The van der Waals surface area contributed by atoms with E-state index in [1.165, 1.54) is 0 Å². The molecule has 0 fully saturated rings. The summed E-state index contributed by atoms with van der Waals surface area (Å²) in [5.74, 6) is 0.615. The van der Waals surface area contributed by atoms with Crippen LogP contribution in [0.2, 0.25) is 0 Å². The highest BCUT2D eigenvalue weighted by Crippen LogP contribution is 2.20. The number of aryl methyl sites for hydroxylation is 1. The zero-order valence-electron chi connectivity index (χ0n) is 7.33. The van der Waals surface area contributed by atoms with Crippen LogP contribution in [-0.2, 0) is 0 Å². The van der Waals surface area contributed by atoms with E-state index >= 15 is 0 Å². The van der Waals surface area contributed by atoms with Gasteiger partial charge in [-0.3, -0.25) is 0 Å². The van der Waals surface area contributed by atoms with Crippen molar-refractivity contribution in [2.24, 2.45) is 0 Å². The Morgan fingerprint density at radius 3 is 2.92 bits per heavy atom. The Balaban J connectivity index is 2.72. The van der Waals surface area contributed by atoms with Crippen molar-refractivity contribution in [1.82, 2.24) is 15.0 Å². The van der Waals surface area contributed by atoms with Crippen LogP contribution in [0.4, 0.5) is 0 Å². The van der Waals surface area contributed by atoms with Crippen molar-refractivity contribution in [3.05, 3.63) is 11.6 Å². The number of nitrogens with one attached hydrogen (secondary N) is 1. The number of nitrogens with zero attached hydrogens (tertiary/aromatic N) is 2. The molecule has 68 valence electrons. The molecule has 2 aromatic rings. The summed E-state index contributed by atoms with van der Waals surface area (Å²) >= 11 is 4.09. The molecule has 0 saturated heterocycles. The summed E-state index contributed by atoms with van der Waals surface area (Å²) in [6.45, 7) is 1.93. The first-order chi connectivity index (χ1) is 6.20. The minimum Gasteiger partial charge on any atom is -0.481 e. The fourth-order valence-electron chi connectivity index (χ4n) is 1.21. The predicted molar refractivity (Wildman–Crippen MR) is 52.4 cm³/mol. The molecule has 2 aromatic heterocycles. The first-order valence-corrected chi connectivity index (χ1v) is 4.25. The molecule has 5 heteroatoms. The summed E-state index contributed by atoms with van der Waals surface area (Å²) in [5, 5.41) is 0.565. The second-order valence-electron chi connectivity index (χ2n) is 2.74. The van der Waals surface area contributed by atoms with Crippen molar-refractivity contribution in [1.29, 1.82) is 0 Å². The van der Waals surface area contributed by atoms with E-state index < -0.39 is 0 Å². The summed E-state index contributed by atoms with van der Waals surface area (Å²) in [6, 6.07) is 1.91. The molecule has 0 aromatic carbocycles. The number of aromatic amines is 1. The van der Waals surface area contributed by atoms with Gasteiger partial charge in [-0.15, -0.1) is 12.6 Å². The quantitative estimate of drug-likeness (QED) is 0.679. The van der Waals surface area contributed by atoms with Gasteiger partial charge in [0.25, 0.3) is 0 Å². The average Bonchev–Trinajstić information content (AvgIpc) is 2.42. The van der Waals surface area contributed by atoms with Crippen molar-refractivity contribution in [3.63, 3.8) is 0 Å². The van der Waals surface area contributed by atoms with Crippen molar-refractivity contribution in [2.45, 2.75) is 12.1 Å². The van der Waals surface area contributed by atoms with E-state index in [4.69, 9.17) is 4.74 Å². The lowest BCUT2D eigenvalue weighted by molar-refractivity contribution is 0.396. The van der Waals surface area contributed by atoms with Gasteiger partial charge in [0.2, 0.25) is 5.88 Å². The normalized spacial score (nSPS) is 10.7. The number of H-pyrrole nitrogens is 1. The second kappa shape index (κ2) is 2.92. The first-order valence-electron chi connectivity index (χ1n) is 3.81. The Labute approximate surface area is 80.8 Å². The zero-order valence-corrected chi connectivity index (χ0v) is 8.22. The molecule has 4 nitrogen and oxygen atoms in total. The van der Waals surface area contributed by atoms with Crippen LogP contribution in [0.5, 0.6) is 5.88 Å². The summed E-state index contributed by atoms with van der Waals surface area (Å²) in [4.78, 5) is 11.3. The number of aromatic nitrogens is 3. The van der Waals surface area contributed by atoms with Crippen molar-refractivity contribution >= 4 is 23.8 Å². The van der Waals surface area contributed by atoms with Crippen LogP contribution in [0, 0.1) is 6.92 Å². The highest BCUT2D eigenvalue weighted by molar-refractivity contribution is 7.80. The Kier molecular flexibility index (Phi) is 1.88. The van der Waals surface area contributed by atoms with E-state index in [0.29, 0.717) is 16.7 Å². The highest BCUT2D eigenvalue weighted by Gasteiger charge is 2.06. The Hall–Kier alpha value is -1.23. The molecular formula is C8H9N3OS. The maximum Gasteiger partial charge on any atom is 0.218 e. The van der Waals surface area contributed by atoms with Gasteiger partial charge in [0.15, 0.2) is 10.8 Å². The summed E-state index contributed by atoms with van der Waals surface area (Å²) in [7, 11) is 1.60. The second-order valence-corrected chi connectivity index (χ2v) is 3.17. The largest absolute Gasteiger partial charge is 0.481 e. The predicted octanol–water partition coefficient (Wildman–Crippen LogP) is 1.56. The van der Waals surface area contributed by atoms with Gasteiger partial charge in [-0.05, 0) is 13.0 Å². The molecule has 0 aliphatic carbocycles. The van der Waals surface area contributed by atoms with Crippen LogP contribution in [-0.4, -0.2) is 22.1 Å². The number of thiol groups is 1. The molecule has 0 amide bonds. The van der Waals surface area contributed by atoms with E-state index in [2.05, 4.69) is 27.6 Å². The number of fused-ring (bicyclic) bond motifs is 1. The molecule has 0 spiro atoms. The number of rotatable bonds is 1. The fourth-order valence-corrected chi connectivity index (χ4v) is 1.43. The first kappa shape index (κ1) is 8.37. The maximum absolute atomic E-state index is 5.08. The van der Waals surface area contributed by atoms with Crippen LogP contribution in [0.1, 0.15) is 5.56 Å². The minimum absolute atomic E-state index is 0.565. The van der Waals surface area contributed by atoms with Crippen molar-refractivity contribution < 1.29 is 4.74 Å². The van der Waals surface area contributed by atoms with Crippen LogP contribution < -0.4 is 4.74 Å². The molecule has 0 unspecified atom stereocenters. The number of hydrogen-bond acceptors (Lipinski definition) is 4. The molecule has 0 radical (unpaired) electrons. The van der Waals surface area contributed by atoms with Gasteiger partial charge in [-0.1, -0.05) is 0 Å². The highest BCUT2D eigenvalue weighted by atomic mass is 32.1. The summed E-state index contributed by atoms with van der Waals surface area (Å²) in [5.41, 5.74) is 2.48. The van der Waals surface area contributed by atoms with Gasteiger partial charge < -0.3 is 9.72 Å². The lowest BCUT2D eigenvalue weighted by atomic mass is 10.3. The SMILES string of the molecule is COc1nc2[nH]c(S)nc2cc1C. The van der Waals surface area contributed by atoms with E-state index in [1.807, 2.05) is 13.0 Å². The van der Waals surface area contributed by atoms with E-state index in [9.17, 15) is 0 Å². The van der Waals surface area contributed by atoms with Crippen LogP contribution in [0.3, 0.4) is 0 Å². The Morgan fingerprint density at radius 2 is 2.23 bits per heavy atom. The van der Waals surface area contributed by atoms with Crippen molar-refractivity contribution in [2.75, 3.05) is 7.11 Å². The molecule has 0 atom stereocenters. The zero-order chi connectivity index (χ0) is 9.42. The van der Waals surface area contributed by atoms with E-state index in [0.717, 1.165) is 11.1 Å². The van der Waals surface area contributed by atoms with Crippen LogP contribution in [0.15, 0.2) is 11.2 Å². The third-order valence-electron chi connectivity index (χ3n) is 1.80. The molecule has 2 heterocycles. The molecule has 0 aliphatic heterocycles. The maximum atomic E-state index is 5.08. The van der Waals surface area contributed by atoms with Gasteiger partial charge in [0.1, 0.15) is 5.52 Å². The van der Waals surface area contributed by atoms with Gasteiger partial charge >= 0.3 is 0 Å². The Bertz CT molecular complexity index is 452. The summed E-state index contributed by atoms with van der Waals surface area (Å²) in [6.07, 6.45) is 0. The third kappa shape index (κ3) is 1.35. The minimum atomic E-state index is 0.565. The topological polar surface area (TPSA) is 50.8 Å². The standard InChI is InChI=1S/C8H9N3OS/c1-4-3-5-6(10-7(4)12-2)11-8(13)9-5/h3H,1-2H3,(H2,9,10,11,13). The van der Waals surface area contributed by atoms with Crippen LogP contribution >= 0.6 is 12.6 Å². The van der Waals surface area contributed by atoms with Crippen LogP contribution in [0.25, 0.3) is 11.2 Å². The molecule has 0 bridgehead atoms. The van der Waals surface area contributed by atoms with Gasteiger partial charge in [-0.25, -0.2) is 4.98 Å². The van der Waals surface area contributed by atoms with E-state index in [1.54, 1.807) is 7.11 Å². The number of pyridine rings is 1. The molecule has 1 N–H and O–H groups in total. The molecule has 0 aliphatic rings. The van der Waals surface area contributed by atoms with Crippen molar-refractivity contribution in [3.8, 4) is 5.88 Å². The number of ether oxygens (including phenoxy) is 1. The number of hydrogen-bond donors (Lipinski definition) is 2. The lowest BCUT2D eigenvalue weighted by Crippen LogP contribution is -1.91. The molecular weight excluding hydrogens is 186 g/mol. The van der Waals surface area contributed by atoms with Gasteiger partial charge in [0, 0.05) is 5.56 Å². The lowest BCUT2D eigenvalue weighted by Gasteiger charge is -2.01. The monoisotopic (exact) mass is 195 g/mol. The average molecular weight is 195 g/mol. The smallest absolute Gasteiger partial charge is 0.218 e. The van der Waals surface area contributed by atoms with Gasteiger partial charge in [0.05, 0.1) is 7.11 Å². The van der Waals surface area contributed by atoms with E-state index in [-0.39, 0.29) is 0 Å². The molecule has 2 rings (SSSR count). The summed E-state index contributed by atoms with van der Waals surface area (Å²) < 4.78 is 5.08. The molecule has 13 heavy (non-hydrogen) atoms. The Morgan fingerprint density at radius 1 is 1.46 bits per heavy atom.